The van der Waals surface area contributed by atoms with E-state index in [4.69, 9.17) is 0 Å². The Morgan fingerprint density at radius 1 is 1.13 bits per heavy atom. The second kappa shape index (κ2) is 3.74. The molecule has 1 saturated heterocycles. The summed E-state index contributed by atoms with van der Waals surface area (Å²) in [6.07, 6.45) is 8.77. The summed E-state index contributed by atoms with van der Waals surface area (Å²) in [6.45, 7) is 6.25. The molecule has 15 heavy (non-hydrogen) atoms. The summed E-state index contributed by atoms with van der Waals surface area (Å²) in [5, 5.41) is 3.77. The lowest BCUT2D eigenvalue weighted by Crippen LogP contribution is -2.61. The van der Waals surface area contributed by atoms with Gasteiger partial charge < -0.3 is 5.32 Å². The second-order valence-corrected chi connectivity index (χ2v) is 6.03. The normalized spacial score (nSPS) is 39.8. The largest absolute Gasteiger partial charge is 0.309 e. The lowest BCUT2D eigenvalue weighted by molar-refractivity contribution is 0.0901. The number of hydrogen-bond donors (Lipinski definition) is 1. The minimum atomic E-state index is 0.445. The quantitative estimate of drug-likeness (QED) is 0.747. The summed E-state index contributed by atoms with van der Waals surface area (Å²) in [4.78, 5) is 2.78. The molecule has 2 nitrogen and oxygen atoms in total. The molecule has 3 fully saturated rings. The van der Waals surface area contributed by atoms with Crippen molar-refractivity contribution in [1.82, 2.24) is 10.2 Å². The maximum absolute atomic E-state index is 3.77. The number of piperazine rings is 1. The third-order valence-corrected chi connectivity index (χ3v) is 4.78. The van der Waals surface area contributed by atoms with E-state index < -0.39 is 0 Å². The van der Waals surface area contributed by atoms with Crippen LogP contribution in [0.2, 0.25) is 0 Å². The average Bonchev–Trinajstić information content (AvgIpc) is 2.96. The molecule has 3 rings (SSSR count). The maximum atomic E-state index is 3.77. The van der Waals surface area contributed by atoms with Crippen LogP contribution in [0.3, 0.4) is 0 Å². The first-order valence-corrected chi connectivity index (χ1v) is 6.77. The molecule has 86 valence electrons. The molecule has 0 aromatic rings. The molecule has 0 radical (unpaired) electrons. The van der Waals surface area contributed by atoms with Gasteiger partial charge in [0, 0.05) is 31.2 Å². The summed E-state index contributed by atoms with van der Waals surface area (Å²) >= 11 is 0. The lowest BCUT2D eigenvalue weighted by atomic mass is 9.92. The Hall–Kier alpha value is -0.0800. The molecule has 2 aliphatic carbocycles. The fourth-order valence-electron chi connectivity index (χ4n) is 3.62. The van der Waals surface area contributed by atoms with Crippen molar-refractivity contribution in [2.24, 2.45) is 5.92 Å². The minimum absolute atomic E-state index is 0.445. The topological polar surface area (TPSA) is 15.3 Å². The Bertz CT molecular complexity index is 231. The molecule has 1 heterocycles. The van der Waals surface area contributed by atoms with E-state index in [1.165, 1.54) is 58.2 Å². The van der Waals surface area contributed by atoms with Crippen LogP contribution in [0.5, 0.6) is 0 Å². The summed E-state index contributed by atoms with van der Waals surface area (Å²) in [6, 6.07) is 0.921. The summed E-state index contributed by atoms with van der Waals surface area (Å²) in [7, 11) is 0. The highest BCUT2D eigenvalue weighted by molar-refractivity contribution is 5.03. The fourth-order valence-corrected chi connectivity index (χ4v) is 3.62. The first-order chi connectivity index (χ1) is 7.28. The van der Waals surface area contributed by atoms with Gasteiger partial charge in [-0.3, -0.25) is 4.90 Å². The Morgan fingerprint density at radius 2 is 1.87 bits per heavy atom. The van der Waals surface area contributed by atoms with Crippen molar-refractivity contribution in [2.75, 3.05) is 19.6 Å². The van der Waals surface area contributed by atoms with E-state index in [-0.39, 0.29) is 0 Å². The Kier molecular flexibility index (Phi) is 2.52. The SMILES string of the molecule is CC1(C2CC2)CN(C2CCCC2)CCN1. The van der Waals surface area contributed by atoms with Gasteiger partial charge in [0.2, 0.25) is 0 Å². The van der Waals surface area contributed by atoms with Gasteiger partial charge in [0.05, 0.1) is 0 Å². The van der Waals surface area contributed by atoms with Crippen LogP contribution in [0.1, 0.15) is 45.4 Å². The predicted octanol–water partition coefficient (Wildman–Crippen LogP) is 2.00. The summed E-state index contributed by atoms with van der Waals surface area (Å²) in [5.41, 5.74) is 0.445. The van der Waals surface area contributed by atoms with Crippen molar-refractivity contribution in [3.8, 4) is 0 Å². The van der Waals surface area contributed by atoms with Gasteiger partial charge in [0.15, 0.2) is 0 Å². The van der Waals surface area contributed by atoms with E-state index in [0.717, 1.165) is 12.0 Å². The first kappa shape index (κ1) is 10.1. The van der Waals surface area contributed by atoms with Crippen LogP contribution in [0.4, 0.5) is 0 Å². The minimum Gasteiger partial charge on any atom is -0.309 e. The van der Waals surface area contributed by atoms with Gasteiger partial charge in [-0.1, -0.05) is 12.8 Å². The van der Waals surface area contributed by atoms with Crippen molar-refractivity contribution in [1.29, 1.82) is 0 Å². The molecular weight excluding hydrogens is 184 g/mol. The maximum Gasteiger partial charge on any atom is 0.0309 e. The number of nitrogens with one attached hydrogen (secondary N) is 1. The zero-order chi connectivity index (χ0) is 10.3. The van der Waals surface area contributed by atoms with Crippen molar-refractivity contribution < 1.29 is 0 Å². The zero-order valence-electron chi connectivity index (χ0n) is 9.97. The van der Waals surface area contributed by atoms with E-state index in [0.29, 0.717) is 5.54 Å². The van der Waals surface area contributed by atoms with E-state index in [2.05, 4.69) is 17.1 Å². The van der Waals surface area contributed by atoms with Gasteiger partial charge in [-0.2, -0.15) is 0 Å². The van der Waals surface area contributed by atoms with E-state index in [9.17, 15) is 0 Å². The molecular formula is C13H24N2. The molecule has 2 saturated carbocycles. The highest BCUT2D eigenvalue weighted by Crippen LogP contribution is 2.41. The summed E-state index contributed by atoms with van der Waals surface area (Å²) < 4.78 is 0. The van der Waals surface area contributed by atoms with Gasteiger partial charge in [-0.05, 0) is 38.5 Å². The van der Waals surface area contributed by atoms with Crippen LogP contribution >= 0.6 is 0 Å². The van der Waals surface area contributed by atoms with Crippen molar-refractivity contribution in [3.05, 3.63) is 0 Å². The average molecular weight is 208 g/mol. The molecule has 0 amide bonds. The molecule has 1 N–H and O–H groups in total. The fraction of sp³-hybridized carbons (Fsp3) is 1.00. The van der Waals surface area contributed by atoms with Crippen molar-refractivity contribution in [2.45, 2.75) is 57.0 Å². The van der Waals surface area contributed by atoms with Crippen molar-refractivity contribution >= 4 is 0 Å². The number of rotatable bonds is 2. The molecule has 0 aromatic heterocycles. The zero-order valence-corrected chi connectivity index (χ0v) is 9.97. The standard InChI is InChI=1S/C13H24N2/c1-13(11-6-7-11)10-15(9-8-14-13)12-4-2-3-5-12/h11-12,14H,2-10H2,1H3. The molecule has 2 heteroatoms. The van der Waals surface area contributed by atoms with E-state index >= 15 is 0 Å². The number of nitrogens with zero attached hydrogens (tertiary/aromatic N) is 1. The highest BCUT2D eigenvalue weighted by Gasteiger charge is 2.44. The van der Waals surface area contributed by atoms with Crippen LogP contribution < -0.4 is 5.32 Å². The Labute approximate surface area is 93.4 Å². The molecule has 3 aliphatic rings. The van der Waals surface area contributed by atoms with Crippen molar-refractivity contribution in [3.63, 3.8) is 0 Å². The van der Waals surface area contributed by atoms with Gasteiger partial charge in [-0.25, -0.2) is 0 Å². The van der Waals surface area contributed by atoms with E-state index in [1.54, 1.807) is 0 Å². The van der Waals surface area contributed by atoms with E-state index in [1.807, 2.05) is 0 Å². The van der Waals surface area contributed by atoms with Gasteiger partial charge in [-0.15, -0.1) is 0 Å². The first-order valence-electron chi connectivity index (χ1n) is 6.77. The van der Waals surface area contributed by atoms with Gasteiger partial charge in [0.25, 0.3) is 0 Å². The smallest absolute Gasteiger partial charge is 0.0309 e. The predicted molar refractivity (Wildman–Crippen MR) is 63.0 cm³/mol. The molecule has 1 atom stereocenters. The monoisotopic (exact) mass is 208 g/mol. The highest BCUT2D eigenvalue weighted by atomic mass is 15.2. The number of hydrogen-bond acceptors (Lipinski definition) is 2. The molecule has 1 aliphatic heterocycles. The molecule has 0 aromatic carbocycles. The molecule has 0 spiro atoms. The molecule has 1 unspecified atom stereocenters. The lowest BCUT2D eigenvalue weighted by Gasteiger charge is -2.44. The second-order valence-electron chi connectivity index (χ2n) is 6.03. The van der Waals surface area contributed by atoms with Crippen LogP contribution in [-0.4, -0.2) is 36.1 Å². The third kappa shape index (κ3) is 1.94. The Morgan fingerprint density at radius 3 is 2.53 bits per heavy atom. The van der Waals surface area contributed by atoms with Gasteiger partial charge in [0.1, 0.15) is 0 Å². The van der Waals surface area contributed by atoms with Crippen LogP contribution in [0, 0.1) is 5.92 Å². The summed E-state index contributed by atoms with van der Waals surface area (Å²) in [5.74, 6) is 0.974. The molecule has 0 bridgehead atoms. The van der Waals surface area contributed by atoms with Gasteiger partial charge >= 0.3 is 0 Å². The van der Waals surface area contributed by atoms with Crippen LogP contribution in [-0.2, 0) is 0 Å². The van der Waals surface area contributed by atoms with Crippen LogP contribution in [0.25, 0.3) is 0 Å². The third-order valence-electron chi connectivity index (χ3n) is 4.78. The Balaban J connectivity index is 1.64. The van der Waals surface area contributed by atoms with Crippen LogP contribution in [0.15, 0.2) is 0 Å².